The minimum atomic E-state index is -0.503. The van der Waals surface area contributed by atoms with Crippen LogP contribution in [0.15, 0.2) is 41.8 Å². The van der Waals surface area contributed by atoms with Crippen molar-refractivity contribution in [2.45, 2.75) is 26.7 Å². The summed E-state index contributed by atoms with van der Waals surface area (Å²) in [5.74, 6) is -0.367. The van der Waals surface area contributed by atoms with Gasteiger partial charge in [0, 0.05) is 23.4 Å². The van der Waals surface area contributed by atoms with E-state index in [2.05, 4.69) is 20.2 Å². The van der Waals surface area contributed by atoms with Crippen molar-refractivity contribution in [3.8, 4) is 0 Å². The Morgan fingerprint density at radius 1 is 1.17 bits per heavy atom. The van der Waals surface area contributed by atoms with Crippen LogP contribution in [0.25, 0.3) is 5.78 Å². The fraction of sp³-hybridized carbons (Fsp3) is 0.300. The van der Waals surface area contributed by atoms with Gasteiger partial charge in [0.05, 0.1) is 18.7 Å². The Kier molecular flexibility index (Phi) is 5.03. The lowest BCUT2D eigenvalue weighted by Gasteiger charge is -2.13. The number of amides is 1. The number of hydrogen-bond acceptors (Lipinski definition) is 7. The molecular weight excluding hydrogens is 372 g/mol. The third kappa shape index (κ3) is 3.84. The SMILES string of the molecule is Cc1nc2ncnn2c(C)c1CC(=O)OCC(=O)N1CCC(c2ccccc2)=N1. The highest BCUT2D eigenvalue weighted by molar-refractivity contribution is 6.02. The normalized spacial score (nSPS) is 13.6. The van der Waals surface area contributed by atoms with Crippen molar-refractivity contribution in [3.05, 3.63) is 59.2 Å². The predicted octanol–water partition coefficient (Wildman–Crippen LogP) is 1.46. The van der Waals surface area contributed by atoms with E-state index in [1.54, 1.807) is 11.4 Å². The molecule has 0 saturated heterocycles. The summed E-state index contributed by atoms with van der Waals surface area (Å²) in [6, 6.07) is 9.70. The number of carbonyl (C=O) groups excluding carboxylic acids is 2. The fourth-order valence-electron chi connectivity index (χ4n) is 3.29. The van der Waals surface area contributed by atoms with Crippen LogP contribution >= 0.6 is 0 Å². The number of hydrogen-bond donors (Lipinski definition) is 0. The second-order valence-electron chi connectivity index (χ2n) is 6.75. The van der Waals surface area contributed by atoms with Gasteiger partial charge in [-0.05, 0) is 19.4 Å². The summed E-state index contributed by atoms with van der Waals surface area (Å²) < 4.78 is 6.77. The number of rotatable bonds is 5. The highest BCUT2D eigenvalue weighted by Crippen LogP contribution is 2.15. The lowest BCUT2D eigenvalue weighted by Crippen LogP contribution is -2.29. The molecule has 9 heteroatoms. The maximum atomic E-state index is 12.4. The van der Waals surface area contributed by atoms with E-state index in [4.69, 9.17) is 4.74 Å². The van der Waals surface area contributed by atoms with Gasteiger partial charge < -0.3 is 4.74 Å². The van der Waals surface area contributed by atoms with E-state index in [1.165, 1.54) is 11.3 Å². The van der Waals surface area contributed by atoms with Crippen molar-refractivity contribution < 1.29 is 14.3 Å². The second-order valence-corrected chi connectivity index (χ2v) is 6.75. The quantitative estimate of drug-likeness (QED) is 0.609. The molecule has 0 spiro atoms. The number of aromatic nitrogens is 4. The molecule has 0 unspecified atom stereocenters. The number of carbonyl (C=O) groups is 2. The first-order valence-electron chi connectivity index (χ1n) is 9.27. The van der Waals surface area contributed by atoms with Gasteiger partial charge in [-0.25, -0.2) is 14.5 Å². The van der Waals surface area contributed by atoms with E-state index in [-0.39, 0.29) is 18.9 Å². The molecule has 0 atom stereocenters. The summed E-state index contributed by atoms with van der Waals surface area (Å²) in [4.78, 5) is 33.0. The minimum absolute atomic E-state index is 0.00623. The Bertz CT molecular complexity index is 1110. The molecule has 3 aromatic rings. The summed E-state index contributed by atoms with van der Waals surface area (Å²) in [5, 5.41) is 9.81. The summed E-state index contributed by atoms with van der Waals surface area (Å²) >= 11 is 0. The van der Waals surface area contributed by atoms with Crippen LogP contribution in [0.5, 0.6) is 0 Å². The van der Waals surface area contributed by atoms with Gasteiger partial charge >= 0.3 is 5.97 Å². The smallest absolute Gasteiger partial charge is 0.310 e. The molecule has 1 aliphatic rings. The lowest BCUT2D eigenvalue weighted by molar-refractivity contribution is -0.151. The van der Waals surface area contributed by atoms with Crippen molar-refractivity contribution in [2.24, 2.45) is 5.10 Å². The highest BCUT2D eigenvalue weighted by Gasteiger charge is 2.23. The first kappa shape index (κ1) is 18.7. The lowest BCUT2D eigenvalue weighted by atomic mass is 10.1. The highest BCUT2D eigenvalue weighted by atomic mass is 16.5. The minimum Gasteiger partial charge on any atom is -0.455 e. The molecule has 4 rings (SSSR count). The fourth-order valence-corrected chi connectivity index (χ4v) is 3.29. The maximum Gasteiger partial charge on any atom is 0.310 e. The molecule has 0 radical (unpaired) electrons. The van der Waals surface area contributed by atoms with Crippen molar-refractivity contribution in [1.29, 1.82) is 0 Å². The van der Waals surface area contributed by atoms with Crippen LogP contribution in [-0.2, 0) is 20.7 Å². The molecule has 1 aromatic carbocycles. The van der Waals surface area contributed by atoms with Crippen molar-refractivity contribution >= 4 is 23.4 Å². The third-order valence-corrected chi connectivity index (χ3v) is 4.86. The average Bonchev–Trinajstić information content (AvgIpc) is 3.40. The van der Waals surface area contributed by atoms with Gasteiger partial charge in [0.2, 0.25) is 0 Å². The van der Waals surface area contributed by atoms with Gasteiger partial charge in [-0.15, -0.1) is 0 Å². The molecule has 2 aromatic heterocycles. The molecule has 3 heterocycles. The van der Waals surface area contributed by atoms with Crippen molar-refractivity contribution in [1.82, 2.24) is 24.6 Å². The first-order valence-corrected chi connectivity index (χ1v) is 9.27. The van der Waals surface area contributed by atoms with Gasteiger partial charge in [-0.2, -0.15) is 15.2 Å². The molecule has 1 aliphatic heterocycles. The molecule has 0 aliphatic carbocycles. The summed E-state index contributed by atoms with van der Waals surface area (Å²) in [5.41, 5.74) is 4.00. The number of aryl methyl sites for hydroxylation is 2. The summed E-state index contributed by atoms with van der Waals surface area (Å²) in [6.07, 6.45) is 2.09. The van der Waals surface area contributed by atoms with Crippen molar-refractivity contribution in [2.75, 3.05) is 13.2 Å². The molecular formula is C20H20N6O3. The van der Waals surface area contributed by atoms with Crippen LogP contribution < -0.4 is 0 Å². The number of ether oxygens (including phenoxy) is 1. The van der Waals surface area contributed by atoms with E-state index in [0.29, 0.717) is 30.0 Å². The Morgan fingerprint density at radius 3 is 2.76 bits per heavy atom. The van der Waals surface area contributed by atoms with E-state index < -0.39 is 5.97 Å². The number of fused-ring (bicyclic) bond motifs is 1. The first-order chi connectivity index (χ1) is 14.0. The Balaban J connectivity index is 1.37. The third-order valence-electron chi connectivity index (χ3n) is 4.86. The predicted molar refractivity (Wildman–Crippen MR) is 104 cm³/mol. The molecule has 0 saturated carbocycles. The molecule has 148 valence electrons. The molecule has 0 N–H and O–H groups in total. The zero-order valence-electron chi connectivity index (χ0n) is 16.2. The monoisotopic (exact) mass is 392 g/mol. The van der Waals surface area contributed by atoms with Crippen LogP contribution in [0.3, 0.4) is 0 Å². The van der Waals surface area contributed by atoms with Gasteiger partial charge in [-0.3, -0.25) is 9.59 Å². The molecule has 0 bridgehead atoms. The largest absolute Gasteiger partial charge is 0.455 e. The number of nitrogens with zero attached hydrogens (tertiary/aromatic N) is 6. The standard InChI is InChI=1S/C20H20N6O3/c1-13-16(14(2)26-20(23-13)21-12-22-26)10-19(28)29-11-18(27)25-9-8-17(24-25)15-6-4-3-5-7-15/h3-7,12H,8-11H2,1-2H3. The van der Waals surface area contributed by atoms with E-state index >= 15 is 0 Å². The number of hydrazone groups is 1. The topological polar surface area (TPSA) is 102 Å². The maximum absolute atomic E-state index is 12.4. The zero-order valence-corrected chi connectivity index (χ0v) is 16.2. The number of esters is 1. The van der Waals surface area contributed by atoms with Gasteiger partial charge in [0.1, 0.15) is 6.33 Å². The van der Waals surface area contributed by atoms with Gasteiger partial charge in [-0.1, -0.05) is 30.3 Å². The Labute approximate surface area is 167 Å². The van der Waals surface area contributed by atoms with Gasteiger partial charge in [0.25, 0.3) is 11.7 Å². The zero-order chi connectivity index (χ0) is 20.4. The van der Waals surface area contributed by atoms with Crippen LogP contribution in [0.1, 0.15) is 28.9 Å². The average molecular weight is 392 g/mol. The van der Waals surface area contributed by atoms with E-state index in [1.807, 2.05) is 37.3 Å². The molecule has 29 heavy (non-hydrogen) atoms. The Hall–Kier alpha value is -3.62. The van der Waals surface area contributed by atoms with Crippen LogP contribution in [0, 0.1) is 13.8 Å². The summed E-state index contributed by atoms with van der Waals surface area (Å²) in [6.45, 7) is 3.78. The molecule has 9 nitrogen and oxygen atoms in total. The van der Waals surface area contributed by atoms with E-state index in [9.17, 15) is 9.59 Å². The molecule has 1 amide bonds. The second kappa shape index (κ2) is 7.78. The van der Waals surface area contributed by atoms with Crippen LogP contribution in [-0.4, -0.2) is 55.3 Å². The number of benzene rings is 1. The Morgan fingerprint density at radius 2 is 1.97 bits per heavy atom. The van der Waals surface area contributed by atoms with Crippen LogP contribution in [0.2, 0.25) is 0 Å². The van der Waals surface area contributed by atoms with Crippen molar-refractivity contribution in [3.63, 3.8) is 0 Å². The molecule has 0 fully saturated rings. The summed E-state index contributed by atoms with van der Waals surface area (Å²) in [7, 11) is 0. The van der Waals surface area contributed by atoms with Crippen LogP contribution in [0.4, 0.5) is 0 Å². The van der Waals surface area contributed by atoms with Gasteiger partial charge in [0.15, 0.2) is 6.61 Å². The van der Waals surface area contributed by atoms with E-state index in [0.717, 1.165) is 17.0 Å².